The molecule has 0 aromatic heterocycles. The van der Waals surface area contributed by atoms with E-state index in [0.717, 1.165) is 18.5 Å². The van der Waals surface area contributed by atoms with Crippen molar-refractivity contribution in [3.8, 4) is 5.75 Å². The molecular weight excluding hydrogens is 293 g/mol. The van der Waals surface area contributed by atoms with Crippen molar-refractivity contribution < 1.29 is 14.3 Å². The SMILES string of the molecule is Cc1c(F)cccc1[C@@H]1CCNC[C@@H]1C(=O)c1cccc(O)c1. The fourth-order valence-electron chi connectivity index (χ4n) is 3.41. The predicted molar refractivity (Wildman–Crippen MR) is 87.3 cm³/mol. The summed E-state index contributed by atoms with van der Waals surface area (Å²) in [5, 5.41) is 12.9. The van der Waals surface area contributed by atoms with Crippen LogP contribution in [0, 0.1) is 18.7 Å². The zero-order valence-corrected chi connectivity index (χ0v) is 13.1. The van der Waals surface area contributed by atoms with E-state index in [2.05, 4.69) is 5.32 Å². The van der Waals surface area contributed by atoms with Crippen LogP contribution in [0.15, 0.2) is 42.5 Å². The van der Waals surface area contributed by atoms with Crippen LogP contribution in [0.4, 0.5) is 4.39 Å². The van der Waals surface area contributed by atoms with Crippen molar-refractivity contribution >= 4 is 5.78 Å². The van der Waals surface area contributed by atoms with E-state index in [1.807, 2.05) is 6.07 Å². The van der Waals surface area contributed by atoms with E-state index >= 15 is 0 Å². The molecule has 1 aliphatic heterocycles. The van der Waals surface area contributed by atoms with Gasteiger partial charge in [0.1, 0.15) is 11.6 Å². The van der Waals surface area contributed by atoms with Crippen molar-refractivity contribution in [1.29, 1.82) is 0 Å². The van der Waals surface area contributed by atoms with Crippen molar-refractivity contribution in [2.75, 3.05) is 13.1 Å². The van der Waals surface area contributed by atoms with Gasteiger partial charge < -0.3 is 10.4 Å². The lowest BCUT2D eigenvalue weighted by Crippen LogP contribution is -2.40. The molecule has 3 rings (SSSR count). The second-order valence-electron chi connectivity index (χ2n) is 6.07. The molecule has 2 atom stereocenters. The highest BCUT2D eigenvalue weighted by Crippen LogP contribution is 2.35. The third-order valence-corrected chi connectivity index (χ3v) is 4.66. The van der Waals surface area contributed by atoms with E-state index in [1.54, 1.807) is 31.2 Å². The summed E-state index contributed by atoms with van der Waals surface area (Å²) in [7, 11) is 0. The summed E-state index contributed by atoms with van der Waals surface area (Å²) in [6.45, 7) is 3.14. The van der Waals surface area contributed by atoms with Crippen LogP contribution < -0.4 is 5.32 Å². The Morgan fingerprint density at radius 2 is 2.04 bits per heavy atom. The number of hydrogen-bond acceptors (Lipinski definition) is 3. The number of halogens is 1. The summed E-state index contributed by atoms with van der Waals surface area (Å²) in [6.07, 6.45) is 0.791. The van der Waals surface area contributed by atoms with Crippen LogP contribution in [-0.4, -0.2) is 24.0 Å². The average molecular weight is 313 g/mol. The van der Waals surface area contributed by atoms with E-state index < -0.39 is 0 Å². The van der Waals surface area contributed by atoms with Gasteiger partial charge in [0.05, 0.1) is 0 Å². The summed E-state index contributed by atoms with van der Waals surface area (Å²) in [5.74, 6) is -0.433. The molecular formula is C19H20FNO2. The van der Waals surface area contributed by atoms with Crippen LogP contribution in [0.2, 0.25) is 0 Å². The number of aromatic hydroxyl groups is 1. The Hall–Kier alpha value is -2.20. The van der Waals surface area contributed by atoms with Gasteiger partial charge >= 0.3 is 0 Å². The van der Waals surface area contributed by atoms with E-state index in [1.165, 1.54) is 12.1 Å². The number of Topliss-reactive ketones (excluding diaryl/α,β-unsaturated/α-hetero) is 1. The number of nitrogens with one attached hydrogen (secondary N) is 1. The predicted octanol–water partition coefficient (Wildman–Crippen LogP) is 3.42. The molecule has 2 aromatic rings. The number of carbonyl (C=O) groups is 1. The van der Waals surface area contributed by atoms with Gasteiger partial charge in [-0.3, -0.25) is 4.79 Å². The van der Waals surface area contributed by atoms with Gasteiger partial charge in [0.2, 0.25) is 0 Å². The lowest BCUT2D eigenvalue weighted by molar-refractivity contribution is 0.0879. The molecule has 0 bridgehead atoms. The Morgan fingerprint density at radius 3 is 2.83 bits per heavy atom. The molecule has 1 aliphatic rings. The molecule has 0 spiro atoms. The number of phenolic OH excluding ortho intramolecular Hbond substituents is 1. The Kier molecular flexibility index (Phi) is 4.44. The summed E-state index contributed by atoms with van der Waals surface area (Å²) in [5.41, 5.74) is 2.02. The average Bonchev–Trinajstić information content (AvgIpc) is 2.57. The molecule has 4 heteroatoms. The topological polar surface area (TPSA) is 49.3 Å². The lowest BCUT2D eigenvalue weighted by atomic mass is 9.76. The maximum atomic E-state index is 13.9. The molecule has 0 aliphatic carbocycles. The van der Waals surface area contributed by atoms with Gasteiger partial charge in [-0.25, -0.2) is 4.39 Å². The fourth-order valence-corrected chi connectivity index (χ4v) is 3.41. The molecule has 3 nitrogen and oxygen atoms in total. The van der Waals surface area contributed by atoms with Gasteiger partial charge in [-0.15, -0.1) is 0 Å². The standard InChI is InChI=1S/C19H20FNO2/c1-12-15(6-3-7-18(12)20)16-8-9-21-11-17(16)19(23)13-4-2-5-14(22)10-13/h2-7,10,16-17,21-22H,8-9,11H2,1H3/t16-,17-/m0/s1. The van der Waals surface area contributed by atoms with E-state index in [9.17, 15) is 14.3 Å². The molecule has 0 saturated carbocycles. The Balaban J connectivity index is 1.96. The van der Waals surface area contributed by atoms with Crippen LogP contribution in [0.5, 0.6) is 5.75 Å². The molecule has 1 fully saturated rings. The highest BCUT2D eigenvalue weighted by atomic mass is 19.1. The third kappa shape index (κ3) is 3.13. The first-order chi connectivity index (χ1) is 11.1. The molecule has 120 valence electrons. The second-order valence-corrected chi connectivity index (χ2v) is 6.07. The Bertz CT molecular complexity index is 729. The number of piperidine rings is 1. The number of rotatable bonds is 3. The van der Waals surface area contributed by atoms with Crippen molar-refractivity contribution in [1.82, 2.24) is 5.32 Å². The first-order valence-electron chi connectivity index (χ1n) is 7.87. The maximum absolute atomic E-state index is 13.9. The van der Waals surface area contributed by atoms with E-state index in [0.29, 0.717) is 17.7 Å². The second kappa shape index (κ2) is 6.50. The van der Waals surface area contributed by atoms with Crippen LogP contribution in [0.1, 0.15) is 33.8 Å². The minimum absolute atomic E-state index is 0.0122. The largest absolute Gasteiger partial charge is 0.508 e. The van der Waals surface area contributed by atoms with Gasteiger partial charge in [0, 0.05) is 18.0 Å². The number of phenols is 1. The first kappa shape index (κ1) is 15.7. The highest BCUT2D eigenvalue weighted by Gasteiger charge is 2.33. The fraction of sp³-hybridized carbons (Fsp3) is 0.316. The number of benzene rings is 2. The van der Waals surface area contributed by atoms with Gasteiger partial charge in [0.25, 0.3) is 0 Å². The molecule has 1 saturated heterocycles. The van der Waals surface area contributed by atoms with Gasteiger partial charge in [-0.2, -0.15) is 0 Å². The quantitative estimate of drug-likeness (QED) is 0.854. The molecule has 2 N–H and O–H groups in total. The minimum Gasteiger partial charge on any atom is -0.508 e. The van der Waals surface area contributed by atoms with Crippen molar-refractivity contribution in [3.05, 3.63) is 65.0 Å². The number of ketones is 1. The summed E-state index contributed by atoms with van der Waals surface area (Å²) < 4.78 is 13.9. The first-order valence-corrected chi connectivity index (χ1v) is 7.87. The van der Waals surface area contributed by atoms with Gasteiger partial charge in [-0.1, -0.05) is 24.3 Å². The lowest BCUT2D eigenvalue weighted by Gasteiger charge is -2.32. The molecule has 0 amide bonds. The normalized spacial score (nSPS) is 21.1. The molecule has 1 heterocycles. The van der Waals surface area contributed by atoms with Crippen LogP contribution in [0.25, 0.3) is 0 Å². The van der Waals surface area contributed by atoms with Gasteiger partial charge in [0.15, 0.2) is 5.78 Å². The number of carbonyl (C=O) groups excluding carboxylic acids is 1. The summed E-state index contributed by atoms with van der Waals surface area (Å²) >= 11 is 0. The molecule has 0 unspecified atom stereocenters. The maximum Gasteiger partial charge on any atom is 0.167 e. The Morgan fingerprint density at radius 1 is 1.26 bits per heavy atom. The number of hydrogen-bond donors (Lipinski definition) is 2. The minimum atomic E-state index is -0.258. The van der Waals surface area contributed by atoms with Gasteiger partial charge in [-0.05, 0) is 55.1 Å². The Labute approximate surface area is 135 Å². The van der Waals surface area contributed by atoms with Crippen molar-refractivity contribution in [2.45, 2.75) is 19.3 Å². The van der Waals surface area contributed by atoms with Crippen LogP contribution in [-0.2, 0) is 0 Å². The monoisotopic (exact) mass is 313 g/mol. The third-order valence-electron chi connectivity index (χ3n) is 4.66. The highest BCUT2D eigenvalue weighted by molar-refractivity contribution is 5.99. The zero-order valence-electron chi connectivity index (χ0n) is 13.1. The smallest absolute Gasteiger partial charge is 0.167 e. The van der Waals surface area contributed by atoms with E-state index in [4.69, 9.17) is 0 Å². The van der Waals surface area contributed by atoms with Crippen LogP contribution in [0.3, 0.4) is 0 Å². The van der Waals surface area contributed by atoms with Crippen LogP contribution >= 0.6 is 0 Å². The molecule has 0 radical (unpaired) electrons. The van der Waals surface area contributed by atoms with Crippen molar-refractivity contribution in [2.24, 2.45) is 5.92 Å². The molecule has 23 heavy (non-hydrogen) atoms. The molecule has 2 aromatic carbocycles. The zero-order chi connectivity index (χ0) is 16.4. The summed E-state index contributed by atoms with van der Waals surface area (Å²) in [4.78, 5) is 12.9. The summed E-state index contributed by atoms with van der Waals surface area (Å²) in [6, 6.07) is 11.5. The van der Waals surface area contributed by atoms with Crippen molar-refractivity contribution in [3.63, 3.8) is 0 Å². The van der Waals surface area contributed by atoms with E-state index in [-0.39, 0.29) is 29.2 Å².